The van der Waals surface area contributed by atoms with Crippen LogP contribution in [0.3, 0.4) is 0 Å². The largest absolute Gasteiger partial charge is 0.416 e. The third-order valence-corrected chi connectivity index (χ3v) is 3.36. The van der Waals surface area contributed by atoms with Gasteiger partial charge in [0.25, 0.3) is 0 Å². The van der Waals surface area contributed by atoms with Crippen molar-refractivity contribution in [2.75, 3.05) is 5.75 Å². The predicted molar refractivity (Wildman–Crippen MR) is 73.5 cm³/mol. The van der Waals surface area contributed by atoms with Crippen LogP contribution in [0.25, 0.3) is 11.4 Å². The summed E-state index contributed by atoms with van der Waals surface area (Å²) < 4.78 is 37.6. The fourth-order valence-electron chi connectivity index (χ4n) is 1.66. The van der Waals surface area contributed by atoms with E-state index in [1.807, 2.05) is 6.07 Å². The van der Waals surface area contributed by atoms with Gasteiger partial charge in [0.2, 0.25) is 0 Å². The minimum Gasteiger partial charge on any atom is -0.233 e. The second-order valence-electron chi connectivity index (χ2n) is 4.19. The van der Waals surface area contributed by atoms with Gasteiger partial charge in [-0.05, 0) is 25.1 Å². The third kappa shape index (κ3) is 3.95. The number of nitrogens with zero attached hydrogens (tertiary/aromatic N) is 3. The van der Waals surface area contributed by atoms with Crippen LogP contribution in [0.2, 0.25) is 0 Å². The number of hydrogen-bond donors (Lipinski definition) is 0. The first-order chi connectivity index (χ1) is 9.90. The summed E-state index contributed by atoms with van der Waals surface area (Å²) in [6, 6.07) is 8.42. The number of aryl methyl sites for hydroxylation is 1. The molecule has 0 unspecified atom stereocenters. The molecule has 7 heteroatoms. The number of benzene rings is 1. The number of hydrogen-bond acceptors (Lipinski definition) is 4. The molecule has 108 valence electrons. The van der Waals surface area contributed by atoms with Crippen molar-refractivity contribution in [2.45, 2.75) is 18.1 Å². The van der Waals surface area contributed by atoms with Crippen LogP contribution in [-0.4, -0.2) is 15.7 Å². The van der Waals surface area contributed by atoms with Crippen molar-refractivity contribution < 1.29 is 13.2 Å². The summed E-state index contributed by atoms with van der Waals surface area (Å²) in [6.45, 7) is 1.77. The quantitative estimate of drug-likeness (QED) is 0.633. The topological polar surface area (TPSA) is 49.6 Å². The van der Waals surface area contributed by atoms with E-state index in [-0.39, 0.29) is 5.75 Å². The average molecular weight is 309 g/mol. The zero-order valence-electron chi connectivity index (χ0n) is 11.0. The molecule has 1 aromatic heterocycles. The summed E-state index contributed by atoms with van der Waals surface area (Å²) in [5, 5.41) is 9.19. The molecule has 0 aliphatic heterocycles. The standard InChI is InChI=1S/C14H10F3N3S/c1-9-8-12(21-7-6-18)20-13(19-9)10-2-4-11(5-3-10)14(15,16)17/h2-5,8H,7H2,1H3. The van der Waals surface area contributed by atoms with Crippen LogP contribution < -0.4 is 0 Å². The van der Waals surface area contributed by atoms with Crippen molar-refractivity contribution in [1.82, 2.24) is 9.97 Å². The zero-order chi connectivity index (χ0) is 15.5. The van der Waals surface area contributed by atoms with Gasteiger partial charge in [-0.25, -0.2) is 9.97 Å². The van der Waals surface area contributed by atoms with Crippen molar-refractivity contribution >= 4 is 11.8 Å². The van der Waals surface area contributed by atoms with E-state index in [0.29, 0.717) is 22.1 Å². The molecule has 0 saturated heterocycles. The summed E-state index contributed by atoms with van der Waals surface area (Å²) in [5.41, 5.74) is 0.490. The van der Waals surface area contributed by atoms with E-state index in [4.69, 9.17) is 5.26 Å². The second-order valence-corrected chi connectivity index (χ2v) is 5.19. The van der Waals surface area contributed by atoms with Gasteiger partial charge in [0.15, 0.2) is 5.82 Å². The molecule has 0 fully saturated rings. The lowest BCUT2D eigenvalue weighted by molar-refractivity contribution is -0.137. The van der Waals surface area contributed by atoms with Crippen LogP contribution in [0.1, 0.15) is 11.3 Å². The highest BCUT2D eigenvalue weighted by molar-refractivity contribution is 7.99. The Bertz CT molecular complexity index is 675. The first-order valence-corrected chi connectivity index (χ1v) is 6.92. The summed E-state index contributed by atoms with van der Waals surface area (Å²) >= 11 is 1.26. The number of alkyl halides is 3. The van der Waals surface area contributed by atoms with E-state index >= 15 is 0 Å². The van der Waals surface area contributed by atoms with E-state index in [0.717, 1.165) is 12.1 Å². The third-order valence-electron chi connectivity index (χ3n) is 2.59. The second kappa shape index (κ2) is 6.14. The summed E-state index contributed by atoms with van der Waals surface area (Å²) in [5.74, 6) is 0.604. The molecule has 2 rings (SSSR count). The van der Waals surface area contributed by atoms with E-state index in [9.17, 15) is 13.2 Å². The van der Waals surface area contributed by atoms with Gasteiger partial charge in [-0.3, -0.25) is 0 Å². The van der Waals surface area contributed by atoms with Gasteiger partial charge in [-0.1, -0.05) is 23.9 Å². The van der Waals surface area contributed by atoms with E-state index in [1.165, 1.54) is 23.9 Å². The smallest absolute Gasteiger partial charge is 0.233 e. The van der Waals surface area contributed by atoms with Crippen molar-refractivity contribution in [3.63, 3.8) is 0 Å². The predicted octanol–water partition coefficient (Wildman–Crippen LogP) is 4.09. The maximum Gasteiger partial charge on any atom is 0.416 e. The Morgan fingerprint density at radius 3 is 2.43 bits per heavy atom. The average Bonchev–Trinajstić information content (AvgIpc) is 2.44. The van der Waals surface area contributed by atoms with Gasteiger partial charge >= 0.3 is 6.18 Å². The highest BCUT2D eigenvalue weighted by atomic mass is 32.2. The van der Waals surface area contributed by atoms with Gasteiger partial charge in [0.1, 0.15) is 5.03 Å². The maximum absolute atomic E-state index is 12.5. The lowest BCUT2D eigenvalue weighted by Gasteiger charge is -2.08. The van der Waals surface area contributed by atoms with Gasteiger partial charge in [0, 0.05) is 11.3 Å². The van der Waals surface area contributed by atoms with Crippen LogP contribution in [0.5, 0.6) is 0 Å². The van der Waals surface area contributed by atoms with Crippen molar-refractivity contribution in [2.24, 2.45) is 0 Å². The Morgan fingerprint density at radius 1 is 1.19 bits per heavy atom. The monoisotopic (exact) mass is 309 g/mol. The van der Waals surface area contributed by atoms with Crippen molar-refractivity contribution in [3.8, 4) is 17.5 Å². The minimum atomic E-state index is -4.36. The molecule has 0 saturated carbocycles. The highest BCUT2D eigenvalue weighted by Crippen LogP contribution is 2.30. The molecular formula is C14H10F3N3S. The SMILES string of the molecule is Cc1cc(SCC#N)nc(-c2ccc(C(F)(F)F)cc2)n1. The first-order valence-electron chi connectivity index (χ1n) is 5.93. The molecular weight excluding hydrogens is 299 g/mol. The van der Waals surface area contributed by atoms with Gasteiger partial charge < -0.3 is 0 Å². The maximum atomic E-state index is 12.5. The van der Waals surface area contributed by atoms with Gasteiger partial charge in [0.05, 0.1) is 17.4 Å². The molecule has 1 aromatic carbocycles. The lowest BCUT2D eigenvalue weighted by atomic mass is 10.1. The van der Waals surface area contributed by atoms with Crippen molar-refractivity contribution in [3.05, 3.63) is 41.6 Å². The molecule has 0 aliphatic rings. The minimum absolute atomic E-state index is 0.253. The van der Waals surface area contributed by atoms with Crippen molar-refractivity contribution in [1.29, 1.82) is 5.26 Å². The highest BCUT2D eigenvalue weighted by Gasteiger charge is 2.30. The van der Waals surface area contributed by atoms with Gasteiger partial charge in [-0.15, -0.1) is 0 Å². The number of nitriles is 1. The molecule has 1 heterocycles. The molecule has 21 heavy (non-hydrogen) atoms. The molecule has 0 amide bonds. The molecule has 0 atom stereocenters. The van der Waals surface area contributed by atoms with Crippen LogP contribution >= 0.6 is 11.8 Å². The van der Waals surface area contributed by atoms with Crippen LogP contribution in [0.4, 0.5) is 13.2 Å². The fourth-order valence-corrected chi connectivity index (χ4v) is 2.27. The van der Waals surface area contributed by atoms with E-state index in [1.54, 1.807) is 13.0 Å². The molecule has 0 bridgehead atoms. The number of thioether (sulfide) groups is 1. The van der Waals surface area contributed by atoms with Crippen LogP contribution in [0, 0.1) is 18.3 Å². The first kappa shape index (κ1) is 15.3. The Hall–Kier alpha value is -2.07. The number of aromatic nitrogens is 2. The molecule has 0 N–H and O–H groups in total. The van der Waals surface area contributed by atoms with Crippen LogP contribution in [-0.2, 0) is 6.18 Å². The zero-order valence-corrected chi connectivity index (χ0v) is 11.8. The summed E-state index contributed by atoms with van der Waals surface area (Å²) in [7, 11) is 0. The van der Waals surface area contributed by atoms with E-state index in [2.05, 4.69) is 9.97 Å². The summed E-state index contributed by atoms with van der Waals surface area (Å²) in [6.07, 6.45) is -4.36. The molecule has 0 radical (unpaired) electrons. The fraction of sp³-hybridized carbons (Fsp3) is 0.214. The Morgan fingerprint density at radius 2 is 1.86 bits per heavy atom. The van der Waals surface area contributed by atoms with Crippen LogP contribution in [0.15, 0.2) is 35.4 Å². The molecule has 2 aromatic rings. The summed E-state index contributed by atoms with van der Waals surface area (Å²) in [4.78, 5) is 8.47. The Kier molecular flexibility index (Phi) is 4.48. The van der Waals surface area contributed by atoms with E-state index < -0.39 is 11.7 Å². The number of halogens is 3. The normalized spacial score (nSPS) is 11.2. The molecule has 3 nitrogen and oxygen atoms in total. The van der Waals surface area contributed by atoms with Gasteiger partial charge in [-0.2, -0.15) is 18.4 Å². The Labute approximate surface area is 123 Å². The Balaban J connectivity index is 2.33. The number of rotatable bonds is 3. The lowest BCUT2D eigenvalue weighted by Crippen LogP contribution is -2.04. The molecule has 0 aliphatic carbocycles. The molecule has 0 spiro atoms.